The van der Waals surface area contributed by atoms with Crippen molar-refractivity contribution in [3.63, 3.8) is 0 Å². The average molecular weight is 294 g/mol. The van der Waals surface area contributed by atoms with Crippen molar-refractivity contribution in [1.82, 2.24) is 10.3 Å². The van der Waals surface area contributed by atoms with Crippen LogP contribution in [0, 0.1) is 0 Å². The van der Waals surface area contributed by atoms with Crippen LogP contribution in [0.3, 0.4) is 0 Å². The molecule has 3 heterocycles. The third kappa shape index (κ3) is 2.38. The molecule has 92 valence electrons. The summed E-state index contributed by atoms with van der Waals surface area (Å²) >= 11 is 11.7. The van der Waals surface area contributed by atoms with Gasteiger partial charge in [-0.15, -0.1) is 12.4 Å². The van der Waals surface area contributed by atoms with Crippen molar-refractivity contribution in [2.75, 3.05) is 6.54 Å². The fourth-order valence-electron chi connectivity index (χ4n) is 2.04. The van der Waals surface area contributed by atoms with Crippen LogP contribution in [0.4, 0.5) is 0 Å². The van der Waals surface area contributed by atoms with E-state index in [1.54, 1.807) is 6.07 Å². The molecule has 1 fully saturated rings. The van der Waals surface area contributed by atoms with Gasteiger partial charge in [0.25, 0.3) is 0 Å². The van der Waals surface area contributed by atoms with E-state index < -0.39 is 0 Å². The number of nitrogens with one attached hydrogen (secondary N) is 1. The van der Waals surface area contributed by atoms with Crippen molar-refractivity contribution in [2.45, 2.75) is 18.9 Å². The van der Waals surface area contributed by atoms with Crippen LogP contribution < -0.4 is 5.32 Å². The molecule has 6 heteroatoms. The van der Waals surface area contributed by atoms with Crippen molar-refractivity contribution in [3.8, 4) is 0 Å². The zero-order valence-corrected chi connectivity index (χ0v) is 11.2. The van der Waals surface area contributed by atoms with Gasteiger partial charge in [-0.2, -0.15) is 0 Å². The lowest BCUT2D eigenvalue weighted by atomic mass is 10.2. The van der Waals surface area contributed by atoms with E-state index in [-0.39, 0.29) is 12.4 Å². The molecule has 1 saturated heterocycles. The highest BCUT2D eigenvalue weighted by Gasteiger charge is 2.20. The molecule has 0 radical (unpaired) electrons. The Hall–Kier alpha value is -0.480. The smallest absolute Gasteiger partial charge is 0.154 e. The molecule has 2 aromatic rings. The lowest BCUT2D eigenvalue weighted by Gasteiger charge is -2.04. The molecule has 1 aliphatic rings. The number of fused-ring (bicyclic) bond motifs is 1. The van der Waals surface area contributed by atoms with Gasteiger partial charge < -0.3 is 9.73 Å². The molecule has 17 heavy (non-hydrogen) atoms. The van der Waals surface area contributed by atoms with Crippen LogP contribution >= 0.6 is 35.6 Å². The number of rotatable bonds is 1. The molecule has 0 amide bonds. The lowest BCUT2D eigenvalue weighted by Crippen LogP contribution is -2.11. The molecule has 0 aromatic carbocycles. The Morgan fingerprint density at radius 1 is 1.35 bits per heavy atom. The molecular formula is C11H11Cl3N2O. The van der Waals surface area contributed by atoms with E-state index >= 15 is 0 Å². The van der Waals surface area contributed by atoms with Gasteiger partial charge in [0.05, 0.1) is 11.1 Å². The first-order valence-corrected chi connectivity index (χ1v) is 5.98. The first-order valence-electron chi connectivity index (χ1n) is 5.23. The minimum absolute atomic E-state index is 0. The second-order valence-corrected chi connectivity index (χ2v) is 4.71. The van der Waals surface area contributed by atoms with E-state index in [2.05, 4.69) is 10.3 Å². The maximum Gasteiger partial charge on any atom is 0.154 e. The predicted octanol–water partition coefficient (Wildman–Crippen LogP) is 3.98. The maximum absolute atomic E-state index is 5.89. The van der Waals surface area contributed by atoms with Gasteiger partial charge in [0.1, 0.15) is 16.4 Å². The zero-order chi connectivity index (χ0) is 11.1. The van der Waals surface area contributed by atoms with E-state index in [9.17, 15) is 0 Å². The van der Waals surface area contributed by atoms with E-state index in [1.807, 2.05) is 6.07 Å². The molecule has 3 rings (SSSR count). The highest BCUT2D eigenvalue weighted by atomic mass is 35.5. The Balaban J connectivity index is 0.00000108. The molecular weight excluding hydrogens is 282 g/mol. The summed E-state index contributed by atoms with van der Waals surface area (Å²) in [6, 6.07) is 3.94. The van der Waals surface area contributed by atoms with Crippen LogP contribution in [0.25, 0.3) is 11.1 Å². The summed E-state index contributed by atoms with van der Waals surface area (Å²) in [5.41, 5.74) is 1.45. The quantitative estimate of drug-likeness (QED) is 0.808. The number of aromatic nitrogens is 1. The standard InChI is InChI=1S/C11H10Cl2N2O.ClH/c12-6-4-9-8(15-11(6)13)5-10(16-9)7-2-1-3-14-7;/h4-5,7,14H,1-3H2;1H/t7-;/m1./s1. The van der Waals surface area contributed by atoms with Gasteiger partial charge in [-0.05, 0) is 19.4 Å². The van der Waals surface area contributed by atoms with Gasteiger partial charge in [0, 0.05) is 12.1 Å². The summed E-state index contributed by atoms with van der Waals surface area (Å²) in [5, 5.41) is 4.12. The fourth-order valence-corrected chi connectivity index (χ4v) is 2.33. The topological polar surface area (TPSA) is 38.1 Å². The van der Waals surface area contributed by atoms with E-state index in [4.69, 9.17) is 27.6 Å². The minimum atomic E-state index is 0. The SMILES string of the molecule is Cl.Clc1cc2oc([C@H]3CCCN3)cc2nc1Cl. The molecule has 0 bridgehead atoms. The van der Waals surface area contributed by atoms with Gasteiger partial charge in [0.2, 0.25) is 0 Å². The molecule has 1 N–H and O–H groups in total. The minimum Gasteiger partial charge on any atom is -0.458 e. The van der Waals surface area contributed by atoms with Gasteiger partial charge in [-0.25, -0.2) is 4.98 Å². The van der Waals surface area contributed by atoms with Gasteiger partial charge >= 0.3 is 0 Å². The maximum atomic E-state index is 5.89. The Kier molecular flexibility index (Phi) is 3.83. The number of furan rings is 1. The molecule has 0 spiro atoms. The number of halogens is 3. The second-order valence-electron chi connectivity index (χ2n) is 3.94. The van der Waals surface area contributed by atoms with E-state index in [0.717, 1.165) is 24.2 Å². The third-order valence-corrected chi connectivity index (χ3v) is 3.51. The molecule has 0 aliphatic carbocycles. The summed E-state index contributed by atoms with van der Waals surface area (Å²) < 4.78 is 5.72. The average Bonchev–Trinajstić information content (AvgIpc) is 2.86. The van der Waals surface area contributed by atoms with E-state index in [0.29, 0.717) is 21.8 Å². The summed E-state index contributed by atoms with van der Waals surface area (Å²) in [6.07, 6.45) is 2.28. The first-order chi connectivity index (χ1) is 7.74. The van der Waals surface area contributed by atoms with Crippen LogP contribution in [-0.2, 0) is 0 Å². The van der Waals surface area contributed by atoms with Crippen LogP contribution in [0.15, 0.2) is 16.5 Å². The zero-order valence-electron chi connectivity index (χ0n) is 8.87. The summed E-state index contributed by atoms with van der Waals surface area (Å²) in [6.45, 7) is 1.04. The van der Waals surface area contributed by atoms with Crippen molar-refractivity contribution < 1.29 is 4.42 Å². The van der Waals surface area contributed by atoms with Crippen LogP contribution in [0.2, 0.25) is 10.2 Å². The monoisotopic (exact) mass is 292 g/mol. The van der Waals surface area contributed by atoms with Crippen molar-refractivity contribution in [3.05, 3.63) is 28.1 Å². The highest BCUT2D eigenvalue weighted by Crippen LogP contribution is 2.31. The molecule has 1 atom stereocenters. The highest BCUT2D eigenvalue weighted by molar-refractivity contribution is 6.41. The molecule has 1 aliphatic heterocycles. The molecule has 2 aromatic heterocycles. The molecule has 0 unspecified atom stereocenters. The van der Waals surface area contributed by atoms with E-state index in [1.165, 1.54) is 6.42 Å². The Labute approximate surface area is 115 Å². The Morgan fingerprint density at radius 3 is 2.88 bits per heavy atom. The third-order valence-electron chi connectivity index (χ3n) is 2.84. The summed E-state index contributed by atoms with van der Waals surface area (Å²) in [7, 11) is 0. The fraction of sp³-hybridized carbons (Fsp3) is 0.364. The van der Waals surface area contributed by atoms with Crippen molar-refractivity contribution >= 4 is 46.7 Å². The van der Waals surface area contributed by atoms with Gasteiger partial charge in [-0.3, -0.25) is 0 Å². The van der Waals surface area contributed by atoms with Gasteiger partial charge in [-0.1, -0.05) is 23.2 Å². The lowest BCUT2D eigenvalue weighted by molar-refractivity contribution is 0.471. The summed E-state index contributed by atoms with van der Waals surface area (Å²) in [4.78, 5) is 4.18. The van der Waals surface area contributed by atoms with Gasteiger partial charge in [0.15, 0.2) is 5.58 Å². The summed E-state index contributed by atoms with van der Waals surface area (Å²) in [5.74, 6) is 0.915. The number of hydrogen-bond donors (Lipinski definition) is 1. The second kappa shape index (κ2) is 5.02. The van der Waals surface area contributed by atoms with Crippen molar-refractivity contribution in [2.24, 2.45) is 0 Å². The Morgan fingerprint density at radius 2 is 2.18 bits per heavy atom. The van der Waals surface area contributed by atoms with Crippen LogP contribution in [0.5, 0.6) is 0 Å². The molecule has 3 nitrogen and oxygen atoms in total. The van der Waals surface area contributed by atoms with Crippen LogP contribution in [-0.4, -0.2) is 11.5 Å². The Bertz CT molecular complexity index is 496. The first kappa shape index (κ1) is 13.0. The number of nitrogens with zero attached hydrogens (tertiary/aromatic N) is 1. The van der Waals surface area contributed by atoms with Crippen LogP contribution in [0.1, 0.15) is 24.6 Å². The van der Waals surface area contributed by atoms with Crippen molar-refractivity contribution in [1.29, 1.82) is 0 Å². The largest absolute Gasteiger partial charge is 0.458 e. The normalized spacial score (nSPS) is 19.5. The number of pyridine rings is 1. The molecule has 0 saturated carbocycles. The number of hydrogen-bond acceptors (Lipinski definition) is 3. The predicted molar refractivity (Wildman–Crippen MR) is 71.3 cm³/mol.